The molecule has 1 N–H and O–H groups in total. The second kappa shape index (κ2) is 9.11. The number of urea groups is 1. The van der Waals surface area contributed by atoms with Crippen LogP contribution in [-0.2, 0) is 6.42 Å². The summed E-state index contributed by atoms with van der Waals surface area (Å²) in [6.45, 7) is 2.09. The zero-order valence-corrected chi connectivity index (χ0v) is 13.9. The lowest BCUT2D eigenvalue weighted by atomic mass is 10.3. The molecule has 0 aliphatic carbocycles. The number of likely N-dealkylation sites (N-methyl/N-ethyl adjacent to an activating group) is 1. The molecule has 2 aromatic heterocycles. The number of alkyl halides is 2. The van der Waals surface area contributed by atoms with Crippen LogP contribution in [0.5, 0.6) is 5.88 Å². The molecule has 6 nitrogen and oxygen atoms in total. The minimum Gasteiger partial charge on any atom is -0.470 e. The fraction of sp³-hybridized carbons (Fsp3) is 0.400. The fourth-order valence-electron chi connectivity index (χ4n) is 1.95. The van der Waals surface area contributed by atoms with Gasteiger partial charge in [0.1, 0.15) is 5.69 Å². The quantitative estimate of drug-likeness (QED) is 0.788. The lowest BCUT2D eigenvalue weighted by Gasteiger charge is -2.21. The molecule has 2 rings (SSSR count). The number of anilines is 1. The normalized spacial score (nSPS) is 10.7. The molecule has 0 spiro atoms. The van der Waals surface area contributed by atoms with E-state index in [0.717, 1.165) is 5.01 Å². The van der Waals surface area contributed by atoms with Crippen molar-refractivity contribution in [2.45, 2.75) is 19.8 Å². The van der Waals surface area contributed by atoms with Crippen LogP contribution in [0.4, 0.5) is 19.3 Å². The molecule has 0 aliphatic heterocycles. The lowest BCUT2D eigenvalue weighted by Crippen LogP contribution is -2.36. The minimum absolute atomic E-state index is 0.0258. The number of amides is 2. The Morgan fingerprint density at radius 2 is 2.25 bits per heavy atom. The molecule has 2 amide bonds. The van der Waals surface area contributed by atoms with Crippen molar-refractivity contribution in [1.82, 2.24) is 14.9 Å². The molecular formula is C15H18F2N4O2S. The van der Waals surface area contributed by atoms with Crippen LogP contribution in [-0.4, -0.2) is 47.0 Å². The summed E-state index contributed by atoms with van der Waals surface area (Å²) >= 11 is 1.53. The standard InChI is InChI=1S/C15H18F2N4O2S/c1-2-21(8-5-13-18-7-9-24-13)15(22)20-11-4-3-6-19-14(11)23-10-12(16)17/h3-4,6-7,9,12H,2,5,8,10H2,1H3,(H,20,22). The van der Waals surface area contributed by atoms with Crippen molar-refractivity contribution in [2.75, 3.05) is 25.0 Å². The number of rotatable bonds is 8. The van der Waals surface area contributed by atoms with Crippen molar-refractivity contribution in [1.29, 1.82) is 0 Å². The summed E-state index contributed by atoms with van der Waals surface area (Å²) in [7, 11) is 0. The molecule has 0 aliphatic rings. The number of aromatic nitrogens is 2. The molecule has 130 valence electrons. The molecule has 0 radical (unpaired) electrons. The predicted octanol–water partition coefficient (Wildman–Crippen LogP) is 3.28. The number of pyridine rings is 1. The third-order valence-corrected chi connectivity index (χ3v) is 3.95. The highest BCUT2D eigenvalue weighted by Crippen LogP contribution is 2.21. The molecule has 0 bridgehead atoms. The van der Waals surface area contributed by atoms with Gasteiger partial charge in [-0.3, -0.25) is 0 Å². The van der Waals surface area contributed by atoms with Crippen LogP contribution >= 0.6 is 11.3 Å². The molecule has 24 heavy (non-hydrogen) atoms. The average Bonchev–Trinajstić information content (AvgIpc) is 3.08. The minimum atomic E-state index is -2.61. The van der Waals surface area contributed by atoms with Gasteiger partial charge in [-0.2, -0.15) is 0 Å². The first-order chi connectivity index (χ1) is 11.6. The van der Waals surface area contributed by atoms with Gasteiger partial charge in [0.2, 0.25) is 5.88 Å². The Morgan fingerprint density at radius 3 is 2.92 bits per heavy atom. The molecule has 0 saturated heterocycles. The zero-order chi connectivity index (χ0) is 17.4. The van der Waals surface area contributed by atoms with Gasteiger partial charge >= 0.3 is 6.03 Å². The summed E-state index contributed by atoms with van der Waals surface area (Å²) < 4.78 is 29.5. The van der Waals surface area contributed by atoms with Crippen molar-refractivity contribution in [3.8, 4) is 5.88 Å². The van der Waals surface area contributed by atoms with E-state index >= 15 is 0 Å². The fourth-order valence-corrected chi connectivity index (χ4v) is 2.56. The van der Waals surface area contributed by atoms with E-state index in [1.54, 1.807) is 23.2 Å². The van der Waals surface area contributed by atoms with Gasteiger partial charge in [0.25, 0.3) is 6.43 Å². The number of carbonyl (C=O) groups excluding carboxylic acids is 1. The van der Waals surface area contributed by atoms with E-state index in [2.05, 4.69) is 15.3 Å². The van der Waals surface area contributed by atoms with E-state index in [9.17, 15) is 13.6 Å². The number of thiazole rings is 1. The molecule has 0 saturated carbocycles. The first-order valence-electron chi connectivity index (χ1n) is 7.40. The predicted molar refractivity (Wildman–Crippen MR) is 87.8 cm³/mol. The molecule has 0 aromatic carbocycles. The van der Waals surface area contributed by atoms with Crippen molar-refractivity contribution in [2.24, 2.45) is 0 Å². The average molecular weight is 356 g/mol. The molecule has 0 unspecified atom stereocenters. The van der Waals surface area contributed by atoms with Crippen LogP contribution in [0.15, 0.2) is 29.9 Å². The van der Waals surface area contributed by atoms with Gasteiger partial charge in [-0.15, -0.1) is 11.3 Å². The molecular weight excluding hydrogens is 338 g/mol. The second-order valence-corrected chi connectivity index (χ2v) is 5.72. The maximum absolute atomic E-state index is 12.4. The number of halogens is 2. The monoisotopic (exact) mass is 356 g/mol. The number of ether oxygens (including phenoxy) is 1. The van der Waals surface area contributed by atoms with Gasteiger partial charge in [-0.05, 0) is 19.1 Å². The van der Waals surface area contributed by atoms with E-state index in [4.69, 9.17) is 4.74 Å². The highest BCUT2D eigenvalue weighted by molar-refractivity contribution is 7.09. The number of hydrogen-bond donors (Lipinski definition) is 1. The first kappa shape index (κ1) is 18.1. The van der Waals surface area contributed by atoms with Gasteiger partial charge in [0.05, 0.1) is 5.01 Å². The Labute approximate surface area is 142 Å². The number of nitrogens with zero attached hydrogens (tertiary/aromatic N) is 3. The first-order valence-corrected chi connectivity index (χ1v) is 8.28. The highest BCUT2D eigenvalue weighted by atomic mass is 32.1. The van der Waals surface area contributed by atoms with E-state index < -0.39 is 13.0 Å². The van der Waals surface area contributed by atoms with Crippen molar-refractivity contribution in [3.63, 3.8) is 0 Å². The van der Waals surface area contributed by atoms with E-state index in [1.165, 1.54) is 17.5 Å². The Kier molecular flexibility index (Phi) is 6.86. The maximum Gasteiger partial charge on any atom is 0.321 e. The SMILES string of the molecule is CCN(CCc1nccs1)C(=O)Nc1cccnc1OCC(F)F. The van der Waals surface area contributed by atoms with Crippen molar-refractivity contribution in [3.05, 3.63) is 34.9 Å². The van der Waals surface area contributed by atoms with Gasteiger partial charge < -0.3 is 15.0 Å². The van der Waals surface area contributed by atoms with Crippen LogP contribution in [0.2, 0.25) is 0 Å². The smallest absolute Gasteiger partial charge is 0.321 e. The lowest BCUT2D eigenvalue weighted by molar-refractivity contribution is 0.0800. The van der Waals surface area contributed by atoms with Crippen molar-refractivity contribution < 1.29 is 18.3 Å². The summed E-state index contributed by atoms with van der Waals surface area (Å²) in [6.07, 6.45) is 1.18. The molecule has 0 fully saturated rings. The Bertz CT molecular complexity index is 640. The summed E-state index contributed by atoms with van der Waals surface area (Å²) in [6, 6.07) is 2.81. The Morgan fingerprint density at radius 1 is 1.42 bits per heavy atom. The van der Waals surface area contributed by atoms with E-state index in [0.29, 0.717) is 19.5 Å². The van der Waals surface area contributed by atoms with Crippen LogP contribution < -0.4 is 10.1 Å². The molecule has 2 heterocycles. The summed E-state index contributed by atoms with van der Waals surface area (Å²) in [4.78, 5) is 22.0. The van der Waals surface area contributed by atoms with E-state index in [-0.39, 0.29) is 17.6 Å². The number of hydrogen-bond acceptors (Lipinski definition) is 5. The van der Waals surface area contributed by atoms with E-state index in [1.807, 2.05) is 12.3 Å². The van der Waals surface area contributed by atoms with Gasteiger partial charge in [0, 0.05) is 37.3 Å². The molecule has 9 heteroatoms. The summed E-state index contributed by atoms with van der Waals surface area (Å²) in [5.41, 5.74) is 0.260. The Hall–Kier alpha value is -2.29. The van der Waals surface area contributed by atoms with Gasteiger partial charge in [-0.1, -0.05) is 0 Å². The number of nitrogens with one attached hydrogen (secondary N) is 1. The number of carbonyl (C=O) groups is 1. The van der Waals surface area contributed by atoms with Crippen LogP contribution in [0.3, 0.4) is 0 Å². The second-order valence-electron chi connectivity index (χ2n) is 4.74. The van der Waals surface area contributed by atoms with Gasteiger partial charge in [-0.25, -0.2) is 23.5 Å². The van der Waals surface area contributed by atoms with Crippen molar-refractivity contribution >= 4 is 23.1 Å². The molecule has 0 atom stereocenters. The summed E-state index contributed by atoms with van der Waals surface area (Å²) in [5, 5.41) is 5.48. The van der Waals surface area contributed by atoms with Crippen LogP contribution in [0.1, 0.15) is 11.9 Å². The van der Waals surface area contributed by atoms with Gasteiger partial charge in [0.15, 0.2) is 6.61 Å². The maximum atomic E-state index is 12.4. The topological polar surface area (TPSA) is 67.4 Å². The Balaban J connectivity index is 1.96. The zero-order valence-electron chi connectivity index (χ0n) is 13.1. The molecule has 2 aromatic rings. The van der Waals surface area contributed by atoms with Crippen LogP contribution in [0.25, 0.3) is 0 Å². The van der Waals surface area contributed by atoms with Crippen LogP contribution in [0, 0.1) is 0 Å². The summed E-state index contributed by atoms with van der Waals surface area (Å²) in [5.74, 6) is -0.0258. The largest absolute Gasteiger partial charge is 0.470 e. The highest BCUT2D eigenvalue weighted by Gasteiger charge is 2.16. The third-order valence-electron chi connectivity index (χ3n) is 3.11. The third kappa shape index (κ3) is 5.41.